The highest BCUT2D eigenvalue weighted by molar-refractivity contribution is 5.74. The third kappa shape index (κ3) is 16.0. The van der Waals surface area contributed by atoms with Crippen molar-refractivity contribution in [2.75, 3.05) is 107 Å². The molecule has 1 aliphatic heterocycles. The molecule has 1 heterocycles. The molecule has 0 unspecified atom stereocenters. The predicted octanol–water partition coefficient (Wildman–Crippen LogP) is -0.340. The topological polar surface area (TPSA) is 149 Å². The lowest BCUT2D eigenvalue weighted by atomic mass is 10.1. The molecule has 14 nitrogen and oxygen atoms in total. The van der Waals surface area contributed by atoms with E-state index >= 15 is 0 Å². The van der Waals surface area contributed by atoms with Gasteiger partial charge in [0.25, 0.3) is 0 Å². The Balaban J connectivity index is 2.79. The summed E-state index contributed by atoms with van der Waals surface area (Å²) in [5.41, 5.74) is 0. The van der Waals surface area contributed by atoms with E-state index in [1.807, 2.05) is 9.80 Å². The lowest BCUT2D eigenvalue weighted by molar-refractivity contribution is -0.147. The van der Waals surface area contributed by atoms with Gasteiger partial charge in [-0.2, -0.15) is 0 Å². The molecule has 40 heavy (non-hydrogen) atoms. The second-order valence-corrected chi connectivity index (χ2v) is 8.95. The Kier molecular flexibility index (Phi) is 19.9. The maximum absolute atomic E-state index is 12.0. The van der Waals surface area contributed by atoms with Crippen LogP contribution < -0.4 is 0 Å². The Labute approximate surface area is 236 Å². The molecule has 0 bridgehead atoms. The van der Waals surface area contributed by atoms with Crippen molar-refractivity contribution >= 4 is 23.9 Å². The normalized spacial score (nSPS) is 17.9. The maximum Gasteiger partial charge on any atom is 0.307 e. The van der Waals surface area contributed by atoms with Crippen LogP contribution in [0.1, 0.15) is 25.7 Å². The third-order valence-corrected chi connectivity index (χ3v) is 6.39. The van der Waals surface area contributed by atoms with Gasteiger partial charge in [0.1, 0.15) is 0 Å². The molecule has 1 fully saturated rings. The minimum absolute atomic E-state index is 0.0290. The van der Waals surface area contributed by atoms with E-state index in [4.69, 9.17) is 37.9 Å². The fourth-order valence-electron chi connectivity index (χ4n) is 4.09. The van der Waals surface area contributed by atoms with Crippen molar-refractivity contribution in [3.63, 3.8) is 0 Å². The number of rotatable bonds is 10. The molecular formula is C26H46N2O12. The quantitative estimate of drug-likeness (QED) is 0.246. The van der Waals surface area contributed by atoms with Gasteiger partial charge in [-0.1, -0.05) is 0 Å². The van der Waals surface area contributed by atoms with Gasteiger partial charge in [0.2, 0.25) is 0 Å². The van der Waals surface area contributed by atoms with Gasteiger partial charge in [0, 0.05) is 38.3 Å². The summed E-state index contributed by atoms with van der Waals surface area (Å²) >= 11 is 0. The first kappa shape index (κ1) is 35.7. The molecule has 0 atom stereocenters. The molecule has 0 saturated carbocycles. The van der Waals surface area contributed by atoms with Gasteiger partial charge in [-0.25, -0.2) is 0 Å². The van der Waals surface area contributed by atoms with Crippen LogP contribution >= 0.6 is 0 Å². The summed E-state index contributed by atoms with van der Waals surface area (Å²) in [6.45, 7) is 4.53. The van der Waals surface area contributed by atoms with Crippen LogP contribution in [-0.2, 0) is 57.1 Å². The molecule has 1 aliphatic rings. The first-order valence-electron chi connectivity index (χ1n) is 13.4. The average molecular weight is 579 g/mol. The van der Waals surface area contributed by atoms with Crippen molar-refractivity contribution in [1.82, 2.24) is 9.80 Å². The van der Waals surface area contributed by atoms with E-state index in [1.54, 1.807) is 0 Å². The molecule has 0 radical (unpaired) electrons. The number of methoxy groups -OCH3 is 4. The molecule has 232 valence electrons. The van der Waals surface area contributed by atoms with Gasteiger partial charge in [-0.15, -0.1) is 0 Å². The molecule has 0 aromatic heterocycles. The van der Waals surface area contributed by atoms with E-state index in [0.717, 1.165) is 0 Å². The molecular weight excluding hydrogens is 532 g/mol. The Morgan fingerprint density at radius 3 is 0.900 bits per heavy atom. The van der Waals surface area contributed by atoms with E-state index in [2.05, 4.69) is 0 Å². The summed E-state index contributed by atoms with van der Waals surface area (Å²) < 4.78 is 42.2. The second-order valence-electron chi connectivity index (χ2n) is 8.95. The molecule has 0 aromatic rings. The Morgan fingerprint density at radius 1 is 0.475 bits per heavy atom. The monoisotopic (exact) mass is 578 g/mol. The van der Waals surface area contributed by atoms with E-state index in [0.29, 0.717) is 79.0 Å². The van der Waals surface area contributed by atoms with Crippen molar-refractivity contribution in [3.05, 3.63) is 0 Å². The van der Waals surface area contributed by atoms with Gasteiger partial charge in [-0.3, -0.25) is 29.0 Å². The molecule has 1 rings (SSSR count). The highest BCUT2D eigenvalue weighted by atomic mass is 16.5. The largest absolute Gasteiger partial charge is 0.469 e. The van der Waals surface area contributed by atoms with Crippen LogP contribution in [0.4, 0.5) is 0 Å². The predicted molar refractivity (Wildman–Crippen MR) is 141 cm³/mol. The number of ether oxygens (including phenoxy) is 8. The third-order valence-electron chi connectivity index (χ3n) is 6.39. The smallest absolute Gasteiger partial charge is 0.307 e. The van der Waals surface area contributed by atoms with Crippen LogP contribution in [0.25, 0.3) is 0 Å². The molecule has 0 N–H and O–H groups in total. The molecule has 0 aliphatic carbocycles. The van der Waals surface area contributed by atoms with Gasteiger partial charge >= 0.3 is 23.9 Å². The summed E-state index contributed by atoms with van der Waals surface area (Å²) in [5, 5.41) is 0. The maximum atomic E-state index is 12.0. The molecule has 0 amide bonds. The van der Waals surface area contributed by atoms with Crippen molar-refractivity contribution in [2.45, 2.75) is 37.8 Å². The highest BCUT2D eigenvalue weighted by Crippen LogP contribution is 2.13. The summed E-state index contributed by atoms with van der Waals surface area (Å²) in [7, 11) is 5.22. The number of esters is 4. The minimum atomic E-state index is -0.431. The molecule has 0 spiro atoms. The summed E-state index contributed by atoms with van der Waals surface area (Å²) in [5.74, 6) is -1.70. The number of hydrogen-bond donors (Lipinski definition) is 0. The fraction of sp³-hybridized carbons (Fsp3) is 0.846. The first-order chi connectivity index (χ1) is 19.3. The van der Waals surface area contributed by atoms with E-state index in [-0.39, 0.29) is 25.7 Å². The second kappa shape index (κ2) is 22.3. The van der Waals surface area contributed by atoms with E-state index in [9.17, 15) is 19.2 Å². The minimum Gasteiger partial charge on any atom is -0.469 e. The van der Waals surface area contributed by atoms with Gasteiger partial charge in [0.15, 0.2) is 0 Å². The number of nitrogens with zero attached hydrogens (tertiary/aromatic N) is 2. The van der Waals surface area contributed by atoms with Gasteiger partial charge < -0.3 is 37.9 Å². The Hall–Kier alpha value is -2.36. The van der Waals surface area contributed by atoms with Crippen LogP contribution in [0, 0.1) is 0 Å². The zero-order valence-electron chi connectivity index (χ0n) is 24.3. The lowest BCUT2D eigenvalue weighted by Gasteiger charge is -2.31. The van der Waals surface area contributed by atoms with Crippen LogP contribution in [0.5, 0.6) is 0 Å². The number of hydrogen-bond acceptors (Lipinski definition) is 14. The molecule has 0 aromatic carbocycles. The average Bonchev–Trinajstić information content (AvgIpc) is 2.95. The van der Waals surface area contributed by atoms with Crippen molar-refractivity contribution < 1.29 is 57.1 Å². The molecule has 14 heteroatoms. The highest BCUT2D eigenvalue weighted by Gasteiger charge is 2.26. The SMILES string of the molecule is COC(=O)CC(CC(=O)OC)N1CCOCCOCCN(C(CC(=O)OC)CC(=O)OC)CCOCCOCC1. The van der Waals surface area contributed by atoms with Gasteiger partial charge in [-0.05, 0) is 0 Å². The first-order valence-corrected chi connectivity index (χ1v) is 13.4. The van der Waals surface area contributed by atoms with Crippen molar-refractivity contribution in [2.24, 2.45) is 0 Å². The van der Waals surface area contributed by atoms with Gasteiger partial charge in [0.05, 0.1) is 107 Å². The van der Waals surface area contributed by atoms with Crippen LogP contribution in [0.3, 0.4) is 0 Å². The van der Waals surface area contributed by atoms with Crippen LogP contribution in [0.2, 0.25) is 0 Å². The molecule has 1 saturated heterocycles. The Bertz CT molecular complexity index is 622. The summed E-state index contributed by atoms with van der Waals surface area (Å²) in [6, 6.07) is -0.863. The lowest BCUT2D eigenvalue weighted by Crippen LogP contribution is -2.43. The van der Waals surface area contributed by atoms with E-state index < -0.39 is 36.0 Å². The summed E-state index contributed by atoms with van der Waals surface area (Å²) in [6.07, 6.45) is 0.116. The zero-order valence-corrected chi connectivity index (χ0v) is 24.3. The van der Waals surface area contributed by atoms with E-state index in [1.165, 1.54) is 28.4 Å². The number of carbonyl (C=O) groups is 4. The van der Waals surface area contributed by atoms with Crippen molar-refractivity contribution in [1.29, 1.82) is 0 Å². The summed E-state index contributed by atoms with van der Waals surface area (Å²) in [4.78, 5) is 51.8. The van der Waals surface area contributed by atoms with Crippen LogP contribution in [-0.4, -0.2) is 153 Å². The fourth-order valence-corrected chi connectivity index (χ4v) is 4.09. The standard InChI is InChI=1S/C26H46N2O12/c1-33-23(29)17-21(18-24(30)34-2)27-5-9-37-13-15-39-11-7-28(8-12-40-16-14-38-10-6-27)22(19-25(31)35-3)20-26(32)36-4/h21-22H,5-20H2,1-4H3. The Morgan fingerprint density at radius 2 is 0.700 bits per heavy atom. The zero-order chi connectivity index (χ0) is 29.6. The van der Waals surface area contributed by atoms with Crippen molar-refractivity contribution in [3.8, 4) is 0 Å². The number of carbonyl (C=O) groups excluding carboxylic acids is 4. The van der Waals surface area contributed by atoms with Crippen LogP contribution in [0.15, 0.2) is 0 Å².